The van der Waals surface area contributed by atoms with Crippen LogP contribution in [0.3, 0.4) is 0 Å². The number of carbonyl (C=O) groups is 1. The van der Waals surface area contributed by atoms with E-state index in [-0.39, 0.29) is 11.8 Å². The van der Waals surface area contributed by atoms with Crippen LogP contribution in [0.25, 0.3) is 0 Å². The Kier molecular flexibility index (Phi) is 5.44. The van der Waals surface area contributed by atoms with Gasteiger partial charge < -0.3 is 20.3 Å². The molecule has 0 saturated carbocycles. The first-order valence-electron chi connectivity index (χ1n) is 7.47. The molecule has 1 unspecified atom stereocenters. The maximum atomic E-state index is 12.2. The SMILES string of the molecule is COCC(C)CC(=O)N1CCN(c2ccc(N)cc2)CC1. The molecule has 0 radical (unpaired) electrons. The number of carbonyl (C=O) groups excluding carboxylic acids is 1. The number of nitrogens with two attached hydrogens (primary N) is 1. The Morgan fingerprint density at radius 2 is 1.86 bits per heavy atom. The second-order valence-electron chi connectivity index (χ2n) is 5.72. The summed E-state index contributed by atoms with van der Waals surface area (Å²) in [6.45, 7) is 5.98. The van der Waals surface area contributed by atoms with Crippen molar-refractivity contribution in [1.29, 1.82) is 0 Å². The van der Waals surface area contributed by atoms with Crippen molar-refractivity contribution in [3.05, 3.63) is 24.3 Å². The van der Waals surface area contributed by atoms with Crippen molar-refractivity contribution in [1.82, 2.24) is 4.90 Å². The Morgan fingerprint density at radius 3 is 2.43 bits per heavy atom. The lowest BCUT2D eigenvalue weighted by Crippen LogP contribution is -2.49. The number of anilines is 2. The van der Waals surface area contributed by atoms with Gasteiger partial charge in [-0.05, 0) is 30.2 Å². The van der Waals surface area contributed by atoms with Crippen molar-refractivity contribution in [2.45, 2.75) is 13.3 Å². The van der Waals surface area contributed by atoms with Gasteiger partial charge >= 0.3 is 0 Å². The second-order valence-corrected chi connectivity index (χ2v) is 5.72. The summed E-state index contributed by atoms with van der Waals surface area (Å²) in [4.78, 5) is 16.5. The topological polar surface area (TPSA) is 58.8 Å². The highest BCUT2D eigenvalue weighted by atomic mass is 16.5. The largest absolute Gasteiger partial charge is 0.399 e. The van der Waals surface area contributed by atoms with E-state index in [1.807, 2.05) is 36.1 Å². The maximum Gasteiger partial charge on any atom is 0.223 e. The van der Waals surface area contributed by atoms with Crippen LogP contribution in [0.5, 0.6) is 0 Å². The minimum Gasteiger partial charge on any atom is -0.399 e. The molecule has 116 valence electrons. The number of ether oxygens (including phenoxy) is 1. The van der Waals surface area contributed by atoms with E-state index in [1.54, 1.807) is 7.11 Å². The zero-order valence-corrected chi connectivity index (χ0v) is 12.9. The minimum atomic E-state index is 0.233. The van der Waals surface area contributed by atoms with Gasteiger partial charge in [-0.3, -0.25) is 4.79 Å². The van der Waals surface area contributed by atoms with Gasteiger partial charge in [-0.25, -0.2) is 0 Å². The summed E-state index contributed by atoms with van der Waals surface area (Å²) >= 11 is 0. The van der Waals surface area contributed by atoms with Crippen LogP contribution in [0.15, 0.2) is 24.3 Å². The molecular weight excluding hydrogens is 266 g/mol. The van der Waals surface area contributed by atoms with Crippen LogP contribution in [-0.4, -0.2) is 50.7 Å². The summed E-state index contributed by atoms with van der Waals surface area (Å²) in [7, 11) is 1.67. The van der Waals surface area contributed by atoms with Crippen molar-refractivity contribution < 1.29 is 9.53 Å². The quantitative estimate of drug-likeness (QED) is 0.837. The van der Waals surface area contributed by atoms with E-state index >= 15 is 0 Å². The van der Waals surface area contributed by atoms with Gasteiger partial charge in [0.1, 0.15) is 0 Å². The molecule has 1 saturated heterocycles. The van der Waals surface area contributed by atoms with Crippen molar-refractivity contribution in [3.8, 4) is 0 Å². The molecule has 21 heavy (non-hydrogen) atoms. The number of benzene rings is 1. The van der Waals surface area contributed by atoms with Crippen molar-refractivity contribution >= 4 is 17.3 Å². The minimum absolute atomic E-state index is 0.233. The third-order valence-electron chi connectivity index (χ3n) is 3.86. The molecule has 1 heterocycles. The first-order chi connectivity index (χ1) is 10.1. The Hall–Kier alpha value is -1.75. The number of nitrogens with zero attached hydrogens (tertiary/aromatic N) is 2. The van der Waals surface area contributed by atoms with Gasteiger partial charge in [-0.15, -0.1) is 0 Å². The number of hydrogen-bond donors (Lipinski definition) is 1. The third-order valence-corrected chi connectivity index (χ3v) is 3.86. The highest BCUT2D eigenvalue weighted by Crippen LogP contribution is 2.18. The molecule has 1 aromatic rings. The van der Waals surface area contributed by atoms with Crippen LogP contribution in [0.1, 0.15) is 13.3 Å². The van der Waals surface area contributed by atoms with Gasteiger partial charge in [0.25, 0.3) is 0 Å². The van der Waals surface area contributed by atoms with Crippen molar-refractivity contribution in [2.75, 3.05) is 50.5 Å². The third kappa shape index (κ3) is 4.36. The lowest BCUT2D eigenvalue weighted by molar-refractivity contribution is -0.132. The van der Waals surface area contributed by atoms with Crippen molar-refractivity contribution in [2.24, 2.45) is 5.92 Å². The molecule has 1 fully saturated rings. The summed E-state index contributed by atoms with van der Waals surface area (Å²) in [6, 6.07) is 7.90. The van der Waals surface area contributed by atoms with Gasteiger partial charge in [-0.1, -0.05) is 6.92 Å². The molecule has 1 aromatic carbocycles. The van der Waals surface area contributed by atoms with E-state index in [0.717, 1.165) is 31.9 Å². The lowest BCUT2D eigenvalue weighted by atomic mass is 10.1. The van der Waals surface area contributed by atoms with Crippen LogP contribution in [0.4, 0.5) is 11.4 Å². The maximum absolute atomic E-state index is 12.2. The Balaban J connectivity index is 1.82. The van der Waals surface area contributed by atoms with Crippen molar-refractivity contribution in [3.63, 3.8) is 0 Å². The number of methoxy groups -OCH3 is 1. The standard InChI is InChI=1S/C16H25N3O2/c1-13(12-21-2)11-16(20)19-9-7-18(8-10-19)15-5-3-14(17)4-6-15/h3-6,13H,7-12,17H2,1-2H3. The van der Waals surface area contributed by atoms with E-state index < -0.39 is 0 Å². The first kappa shape index (κ1) is 15.6. The summed E-state index contributed by atoms with van der Waals surface area (Å²) < 4.78 is 5.09. The average Bonchev–Trinajstić information content (AvgIpc) is 2.48. The highest BCUT2D eigenvalue weighted by Gasteiger charge is 2.22. The molecule has 2 rings (SSSR count). The molecule has 0 bridgehead atoms. The normalized spacial score (nSPS) is 16.9. The molecule has 5 nitrogen and oxygen atoms in total. The zero-order chi connectivity index (χ0) is 15.2. The fraction of sp³-hybridized carbons (Fsp3) is 0.562. The van der Waals surface area contributed by atoms with Crippen LogP contribution in [0.2, 0.25) is 0 Å². The average molecular weight is 291 g/mol. The molecule has 0 aliphatic carbocycles. The lowest BCUT2D eigenvalue weighted by Gasteiger charge is -2.36. The summed E-state index contributed by atoms with van der Waals surface area (Å²) in [5.41, 5.74) is 7.66. The molecule has 0 aromatic heterocycles. The monoisotopic (exact) mass is 291 g/mol. The number of nitrogen functional groups attached to an aromatic ring is 1. The van der Waals surface area contributed by atoms with Crippen LogP contribution >= 0.6 is 0 Å². The molecule has 1 aliphatic rings. The van der Waals surface area contributed by atoms with Crippen LogP contribution in [-0.2, 0) is 9.53 Å². The summed E-state index contributed by atoms with van der Waals surface area (Å²) in [5, 5.41) is 0. The van der Waals surface area contributed by atoms with Gasteiger partial charge in [-0.2, -0.15) is 0 Å². The molecule has 0 spiro atoms. The molecule has 1 aliphatic heterocycles. The van der Waals surface area contributed by atoms with Gasteiger partial charge in [0.15, 0.2) is 0 Å². The molecule has 5 heteroatoms. The van der Waals surface area contributed by atoms with E-state index in [0.29, 0.717) is 13.0 Å². The smallest absolute Gasteiger partial charge is 0.223 e. The van der Waals surface area contributed by atoms with Crippen LogP contribution in [0, 0.1) is 5.92 Å². The number of rotatable bonds is 5. The number of hydrogen-bond acceptors (Lipinski definition) is 4. The summed E-state index contributed by atoms with van der Waals surface area (Å²) in [6.07, 6.45) is 0.565. The number of piperazine rings is 1. The highest BCUT2D eigenvalue weighted by molar-refractivity contribution is 5.76. The summed E-state index contributed by atoms with van der Waals surface area (Å²) in [5.74, 6) is 0.508. The fourth-order valence-electron chi connectivity index (χ4n) is 2.67. The van der Waals surface area contributed by atoms with Crippen LogP contribution < -0.4 is 10.6 Å². The Morgan fingerprint density at radius 1 is 1.24 bits per heavy atom. The fourth-order valence-corrected chi connectivity index (χ4v) is 2.67. The van der Waals surface area contributed by atoms with E-state index in [2.05, 4.69) is 4.90 Å². The second kappa shape index (κ2) is 7.31. The molecule has 1 atom stereocenters. The molecule has 1 amide bonds. The van der Waals surface area contributed by atoms with E-state index in [9.17, 15) is 4.79 Å². The molecular formula is C16H25N3O2. The zero-order valence-electron chi connectivity index (χ0n) is 12.9. The molecule has 2 N–H and O–H groups in total. The number of amides is 1. The Bertz CT molecular complexity index is 453. The van der Waals surface area contributed by atoms with Gasteiger partial charge in [0.05, 0.1) is 0 Å². The Labute approximate surface area is 126 Å². The van der Waals surface area contributed by atoms with Gasteiger partial charge in [0, 0.05) is 57.7 Å². The van der Waals surface area contributed by atoms with E-state index in [4.69, 9.17) is 10.5 Å². The predicted molar refractivity (Wildman–Crippen MR) is 85.3 cm³/mol. The predicted octanol–water partition coefficient (Wildman–Crippen LogP) is 1.59. The van der Waals surface area contributed by atoms with E-state index in [1.165, 1.54) is 5.69 Å². The van der Waals surface area contributed by atoms with Gasteiger partial charge in [0.2, 0.25) is 5.91 Å². The first-order valence-corrected chi connectivity index (χ1v) is 7.47.